The van der Waals surface area contributed by atoms with E-state index in [2.05, 4.69) is 28.2 Å². The van der Waals surface area contributed by atoms with E-state index in [1.165, 1.54) is 10.8 Å². The highest BCUT2D eigenvalue weighted by molar-refractivity contribution is 6.06. The monoisotopic (exact) mass is 293 g/mol. The van der Waals surface area contributed by atoms with Crippen molar-refractivity contribution >= 4 is 27.7 Å². The third kappa shape index (κ3) is 2.34. The number of carbonyl (C=O) groups is 1. The molecule has 1 aliphatic heterocycles. The number of pyridine rings is 1. The molecule has 22 heavy (non-hydrogen) atoms. The van der Waals surface area contributed by atoms with Crippen molar-refractivity contribution in [2.24, 2.45) is 0 Å². The molecule has 1 fully saturated rings. The summed E-state index contributed by atoms with van der Waals surface area (Å²) in [6, 6.07) is 10.4. The minimum Gasteiger partial charge on any atom is -0.353 e. The molecule has 1 saturated heterocycles. The maximum Gasteiger partial charge on any atom is 0.222 e. The Kier molecular flexibility index (Phi) is 3.29. The molecule has 0 aliphatic carbocycles. The van der Waals surface area contributed by atoms with Crippen LogP contribution in [0, 0.1) is 0 Å². The molecular formula is C18H19N3O. The standard InChI is InChI=1S/C18H19N3O/c22-18(21-9-3-4-10-21)8-7-13-11-15-14-5-1-2-6-16(14)20-17(15)12-19-13/h1-2,5-6,11-12,20H,3-4,7-10H2. The lowest BCUT2D eigenvalue weighted by molar-refractivity contribution is -0.130. The number of hydrogen-bond donors (Lipinski definition) is 1. The van der Waals surface area contributed by atoms with Gasteiger partial charge in [0.2, 0.25) is 5.91 Å². The number of para-hydroxylation sites is 1. The molecule has 112 valence electrons. The quantitative estimate of drug-likeness (QED) is 0.805. The fourth-order valence-electron chi connectivity index (χ4n) is 3.29. The van der Waals surface area contributed by atoms with Crippen molar-refractivity contribution in [3.8, 4) is 0 Å². The highest BCUT2D eigenvalue weighted by atomic mass is 16.2. The van der Waals surface area contributed by atoms with E-state index >= 15 is 0 Å². The molecule has 0 spiro atoms. The van der Waals surface area contributed by atoms with Crippen LogP contribution in [-0.4, -0.2) is 33.9 Å². The summed E-state index contributed by atoms with van der Waals surface area (Å²) in [5.74, 6) is 0.262. The molecule has 2 aromatic heterocycles. The number of aromatic nitrogens is 2. The second-order valence-electron chi connectivity index (χ2n) is 5.98. The van der Waals surface area contributed by atoms with E-state index in [0.29, 0.717) is 12.8 Å². The minimum absolute atomic E-state index is 0.262. The van der Waals surface area contributed by atoms with Crippen LogP contribution in [0.4, 0.5) is 0 Å². The Morgan fingerprint density at radius 1 is 1.14 bits per heavy atom. The first-order chi connectivity index (χ1) is 10.8. The molecule has 0 bridgehead atoms. The molecular weight excluding hydrogens is 274 g/mol. The average Bonchev–Trinajstić information content (AvgIpc) is 3.20. The number of likely N-dealkylation sites (tertiary alicyclic amines) is 1. The van der Waals surface area contributed by atoms with E-state index in [1.54, 1.807) is 0 Å². The Morgan fingerprint density at radius 2 is 1.95 bits per heavy atom. The second-order valence-corrected chi connectivity index (χ2v) is 5.98. The highest BCUT2D eigenvalue weighted by Crippen LogP contribution is 2.25. The molecule has 4 rings (SSSR count). The zero-order chi connectivity index (χ0) is 14.9. The first kappa shape index (κ1) is 13.3. The van der Waals surface area contributed by atoms with Gasteiger partial charge in [0.15, 0.2) is 0 Å². The van der Waals surface area contributed by atoms with Crippen LogP contribution in [0.25, 0.3) is 21.8 Å². The van der Waals surface area contributed by atoms with Gasteiger partial charge in [0.05, 0.1) is 11.7 Å². The van der Waals surface area contributed by atoms with Crippen LogP contribution in [0.1, 0.15) is 25.0 Å². The number of hydrogen-bond acceptors (Lipinski definition) is 2. The van der Waals surface area contributed by atoms with E-state index in [-0.39, 0.29) is 5.91 Å². The number of nitrogens with zero attached hydrogens (tertiary/aromatic N) is 2. The zero-order valence-corrected chi connectivity index (χ0v) is 12.5. The van der Waals surface area contributed by atoms with E-state index in [1.807, 2.05) is 23.2 Å². The Hall–Kier alpha value is -2.36. The molecule has 0 unspecified atom stereocenters. The van der Waals surface area contributed by atoms with Gasteiger partial charge in [0.25, 0.3) is 0 Å². The van der Waals surface area contributed by atoms with Crippen molar-refractivity contribution < 1.29 is 4.79 Å². The predicted octanol–water partition coefficient (Wildman–Crippen LogP) is 3.27. The molecule has 3 aromatic rings. The van der Waals surface area contributed by atoms with Crippen LogP contribution in [0.3, 0.4) is 0 Å². The Morgan fingerprint density at radius 3 is 2.82 bits per heavy atom. The van der Waals surface area contributed by atoms with Crippen molar-refractivity contribution in [3.05, 3.63) is 42.2 Å². The van der Waals surface area contributed by atoms with Gasteiger partial charge in [0.1, 0.15) is 0 Å². The molecule has 0 saturated carbocycles. The van der Waals surface area contributed by atoms with Crippen LogP contribution in [0.15, 0.2) is 36.5 Å². The van der Waals surface area contributed by atoms with Gasteiger partial charge in [-0.05, 0) is 31.4 Å². The summed E-state index contributed by atoms with van der Waals surface area (Å²) < 4.78 is 0. The number of fused-ring (bicyclic) bond motifs is 3. The molecule has 3 heterocycles. The molecule has 4 heteroatoms. The summed E-state index contributed by atoms with van der Waals surface area (Å²) in [5, 5.41) is 2.40. The molecule has 0 radical (unpaired) electrons. The highest BCUT2D eigenvalue weighted by Gasteiger charge is 2.17. The molecule has 4 nitrogen and oxygen atoms in total. The van der Waals surface area contributed by atoms with Crippen LogP contribution in [0.2, 0.25) is 0 Å². The van der Waals surface area contributed by atoms with Crippen LogP contribution in [0.5, 0.6) is 0 Å². The van der Waals surface area contributed by atoms with E-state index in [4.69, 9.17) is 0 Å². The number of aromatic amines is 1. The Bertz CT molecular complexity index is 831. The fourth-order valence-corrected chi connectivity index (χ4v) is 3.29. The number of rotatable bonds is 3. The normalized spacial score (nSPS) is 15.0. The number of carbonyl (C=O) groups excluding carboxylic acids is 1. The van der Waals surface area contributed by atoms with Crippen LogP contribution in [-0.2, 0) is 11.2 Å². The van der Waals surface area contributed by atoms with Gasteiger partial charge in [-0.3, -0.25) is 9.78 Å². The number of amides is 1. The maximum absolute atomic E-state index is 12.1. The largest absolute Gasteiger partial charge is 0.353 e. The Balaban J connectivity index is 1.56. The van der Waals surface area contributed by atoms with Gasteiger partial charge in [-0.2, -0.15) is 0 Å². The number of nitrogens with one attached hydrogen (secondary N) is 1. The molecule has 0 atom stereocenters. The number of benzene rings is 1. The van der Waals surface area contributed by atoms with E-state index in [9.17, 15) is 4.79 Å². The van der Waals surface area contributed by atoms with E-state index < -0.39 is 0 Å². The van der Waals surface area contributed by atoms with Gasteiger partial charge >= 0.3 is 0 Å². The minimum atomic E-state index is 0.262. The molecule has 1 amide bonds. The van der Waals surface area contributed by atoms with E-state index in [0.717, 1.165) is 42.7 Å². The van der Waals surface area contributed by atoms with Crippen molar-refractivity contribution in [1.82, 2.24) is 14.9 Å². The summed E-state index contributed by atoms with van der Waals surface area (Å²) in [6.07, 6.45) is 5.44. The maximum atomic E-state index is 12.1. The van der Waals surface area contributed by atoms with Crippen LogP contribution >= 0.6 is 0 Å². The van der Waals surface area contributed by atoms with Gasteiger partial charge in [-0.25, -0.2) is 0 Å². The number of aryl methyl sites for hydroxylation is 1. The first-order valence-electron chi connectivity index (χ1n) is 7.94. The van der Waals surface area contributed by atoms with Crippen molar-refractivity contribution in [3.63, 3.8) is 0 Å². The third-order valence-electron chi connectivity index (χ3n) is 4.50. The van der Waals surface area contributed by atoms with Crippen molar-refractivity contribution in [2.75, 3.05) is 13.1 Å². The lowest BCUT2D eigenvalue weighted by Gasteiger charge is -2.14. The molecule has 1 N–H and O–H groups in total. The zero-order valence-electron chi connectivity index (χ0n) is 12.5. The number of H-pyrrole nitrogens is 1. The van der Waals surface area contributed by atoms with Crippen molar-refractivity contribution in [2.45, 2.75) is 25.7 Å². The summed E-state index contributed by atoms with van der Waals surface area (Å²) in [5.41, 5.74) is 3.17. The predicted molar refractivity (Wildman–Crippen MR) is 87.7 cm³/mol. The SMILES string of the molecule is O=C(CCc1cc2c(cn1)[nH]c1ccccc12)N1CCCC1. The van der Waals surface area contributed by atoms with Crippen LogP contribution < -0.4 is 0 Å². The molecule has 1 aliphatic rings. The third-order valence-corrected chi connectivity index (χ3v) is 4.50. The molecule has 1 aromatic carbocycles. The second kappa shape index (κ2) is 5.44. The van der Waals surface area contributed by atoms with Gasteiger partial charge in [-0.15, -0.1) is 0 Å². The summed E-state index contributed by atoms with van der Waals surface area (Å²) in [6.45, 7) is 1.85. The average molecular weight is 293 g/mol. The topological polar surface area (TPSA) is 49.0 Å². The summed E-state index contributed by atoms with van der Waals surface area (Å²) >= 11 is 0. The lowest BCUT2D eigenvalue weighted by atomic mass is 10.1. The van der Waals surface area contributed by atoms with Gasteiger partial charge in [0, 0.05) is 41.5 Å². The van der Waals surface area contributed by atoms with Gasteiger partial charge < -0.3 is 9.88 Å². The summed E-state index contributed by atoms with van der Waals surface area (Å²) in [7, 11) is 0. The lowest BCUT2D eigenvalue weighted by Crippen LogP contribution is -2.27. The van der Waals surface area contributed by atoms with Crippen molar-refractivity contribution in [1.29, 1.82) is 0 Å². The summed E-state index contributed by atoms with van der Waals surface area (Å²) in [4.78, 5) is 22.0. The van der Waals surface area contributed by atoms with Gasteiger partial charge in [-0.1, -0.05) is 18.2 Å². The Labute approximate surface area is 129 Å². The first-order valence-corrected chi connectivity index (χ1v) is 7.94. The smallest absolute Gasteiger partial charge is 0.222 e. The fraction of sp³-hybridized carbons (Fsp3) is 0.333.